The Labute approximate surface area is 161 Å². The Bertz CT molecular complexity index is 990. The van der Waals surface area contributed by atoms with Crippen molar-refractivity contribution in [3.05, 3.63) is 70.3 Å². The number of aromatic amines is 1. The summed E-state index contributed by atoms with van der Waals surface area (Å²) in [5.41, 5.74) is 5.63. The number of benzene rings is 1. The third kappa shape index (κ3) is 3.80. The Balaban J connectivity index is 1.50. The summed E-state index contributed by atoms with van der Waals surface area (Å²) in [4.78, 5) is 14.7. The van der Waals surface area contributed by atoms with E-state index in [2.05, 4.69) is 39.8 Å². The monoisotopic (exact) mass is 386 g/mol. The predicted molar refractivity (Wildman–Crippen MR) is 101 cm³/mol. The highest BCUT2D eigenvalue weighted by atomic mass is 19.4. The molecule has 3 heterocycles. The van der Waals surface area contributed by atoms with Crippen molar-refractivity contribution in [2.24, 2.45) is 0 Å². The number of hydrogen-bond acceptors (Lipinski definition) is 3. The highest BCUT2D eigenvalue weighted by Crippen LogP contribution is 2.30. The molecule has 0 saturated carbocycles. The molecule has 3 aromatic rings. The van der Waals surface area contributed by atoms with Crippen LogP contribution in [0.15, 0.2) is 36.5 Å². The number of fused-ring (bicyclic) bond motifs is 1. The van der Waals surface area contributed by atoms with Crippen LogP contribution in [-0.4, -0.2) is 26.4 Å². The van der Waals surface area contributed by atoms with Crippen LogP contribution in [0.2, 0.25) is 0 Å². The van der Waals surface area contributed by atoms with Gasteiger partial charge in [0.15, 0.2) is 5.82 Å². The molecule has 1 aliphatic heterocycles. The van der Waals surface area contributed by atoms with Gasteiger partial charge in [0, 0.05) is 54.8 Å². The fourth-order valence-corrected chi connectivity index (χ4v) is 3.64. The summed E-state index contributed by atoms with van der Waals surface area (Å²) in [5, 5.41) is 0. The Kier molecular flexibility index (Phi) is 4.71. The zero-order chi connectivity index (χ0) is 19.9. The normalized spacial score (nSPS) is 14.9. The highest BCUT2D eigenvalue weighted by molar-refractivity contribution is 5.56. The van der Waals surface area contributed by atoms with Crippen molar-refractivity contribution in [1.29, 1.82) is 0 Å². The average Bonchev–Trinajstić information content (AvgIpc) is 2.97. The molecule has 146 valence electrons. The molecule has 1 N–H and O–H groups in total. The van der Waals surface area contributed by atoms with Crippen LogP contribution in [0.1, 0.15) is 33.8 Å². The minimum absolute atomic E-state index is 0.470. The van der Waals surface area contributed by atoms with Gasteiger partial charge in [-0.2, -0.15) is 13.2 Å². The van der Waals surface area contributed by atoms with Crippen molar-refractivity contribution in [2.75, 3.05) is 6.54 Å². The fraction of sp³-hybridized carbons (Fsp3) is 0.333. The lowest BCUT2D eigenvalue weighted by molar-refractivity contribution is -0.137. The lowest BCUT2D eigenvalue weighted by Crippen LogP contribution is -2.31. The Hall–Kier alpha value is -2.67. The second-order valence-corrected chi connectivity index (χ2v) is 7.30. The summed E-state index contributed by atoms with van der Waals surface area (Å²) in [5.74, 6) is 0.470. The molecule has 0 unspecified atom stereocenters. The number of halogens is 3. The van der Waals surface area contributed by atoms with Crippen molar-refractivity contribution < 1.29 is 13.2 Å². The standard InChI is InChI=1S/C21H21F3N4/c1-13-9-16(14(2)26-13)11-28-8-7-19-17(12-28)10-25-20(27-19)15-3-5-18(6-4-15)21(22,23)24/h3-6,9-10,26H,7-8,11-12H2,1-2H3. The molecule has 0 atom stereocenters. The first-order valence-corrected chi connectivity index (χ1v) is 9.19. The van der Waals surface area contributed by atoms with Gasteiger partial charge >= 0.3 is 6.18 Å². The molecule has 0 radical (unpaired) electrons. The maximum atomic E-state index is 12.7. The topological polar surface area (TPSA) is 44.8 Å². The van der Waals surface area contributed by atoms with Crippen LogP contribution in [0.3, 0.4) is 0 Å². The summed E-state index contributed by atoms with van der Waals surface area (Å²) in [6.07, 6.45) is -1.74. The van der Waals surface area contributed by atoms with Crippen LogP contribution >= 0.6 is 0 Å². The van der Waals surface area contributed by atoms with E-state index in [1.807, 2.05) is 0 Å². The molecule has 1 aromatic carbocycles. The van der Waals surface area contributed by atoms with Crippen LogP contribution in [0.5, 0.6) is 0 Å². The van der Waals surface area contributed by atoms with Gasteiger partial charge in [0.25, 0.3) is 0 Å². The lowest BCUT2D eigenvalue weighted by atomic mass is 10.1. The van der Waals surface area contributed by atoms with E-state index >= 15 is 0 Å². The second kappa shape index (κ2) is 7.05. The van der Waals surface area contributed by atoms with Gasteiger partial charge < -0.3 is 4.98 Å². The number of H-pyrrole nitrogens is 1. The fourth-order valence-electron chi connectivity index (χ4n) is 3.64. The van der Waals surface area contributed by atoms with E-state index in [0.717, 1.165) is 55.1 Å². The van der Waals surface area contributed by atoms with E-state index in [0.29, 0.717) is 11.4 Å². The largest absolute Gasteiger partial charge is 0.416 e. The minimum Gasteiger partial charge on any atom is -0.362 e. The van der Waals surface area contributed by atoms with E-state index in [1.165, 1.54) is 23.4 Å². The van der Waals surface area contributed by atoms with Crippen molar-refractivity contribution >= 4 is 0 Å². The summed E-state index contributed by atoms with van der Waals surface area (Å²) in [6.45, 7) is 6.67. The van der Waals surface area contributed by atoms with Crippen molar-refractivity contribution in [2.45, 2.75) is 39.5 Å². The molecule has 0 amide bonds. The number of rotatable bonds is 3. The molecule has 0 bridgehead atoms. The smallest absolute Gasteiger partial charge is 0.362 e. The van der Waals surface area contributed by atoms with Gasteiger partial charge in [-0.1, -0.05) is 12.1 Å². The molecule has 0 spiro atoms. The van der Waals surface area contributed by atoms with Crippen molar-refractivity contribution in [3.8, 4) is 11.4 Å². The molecule has 0 saturated heterocycles. The first-order valence-electron chi connectivity index (χ1n) is 9.19. The van der Waals surface area contributed by atoms with Gasteiger partial charge in [-0.15, -0.1) is 0 Å². The molecular weight excluding hydrogens is 365 g/mol. The Morgan fingerprint density at radius 1 is 1.14 bits per heavy atom. The van der Waals surface area contributed by atoms with Gasteiger partial charge in [0.1, 0.15) is 0 Å². The summed E-state index contributed by atoms with van der Waals surface area (Å²) >= 11 is 0. The second-order valence-electron chi connectivity index (χ2n) is 7.30. The molecule has 0 fully saturated rings. The average molecular weight is 386 g/mol. The lowest BCUT2D eigenvalue weighted by Gasteiger charge is -2.28. The number of hydrogen-bond donors (Lipinski definition) is 1. The van der Waals surface area contributed by atoms with Gasteiger partial charge in [0.05, 0.1) is 11.3 Å². The maximum absolute atomic E-state index is 12.7. The third-order valence-electron chi connectivity index (χ3n) is 5.13. The highest BCUT2D eigenvalue weighted by Gasteiger charge is 2.30. The first kappa shape index (κ1) is 18.7. The van der Waals surface area contributed by atoms with E-state index in [9.17, 15) is 13.2 Å². The number of aryl methyl sites for hydroxylation is 2. The van der Waals surface area contributed by atoms with Crippen molar-refractivity contribution in [1.82, 2.24) is 19.9 Å². The Morgan fingerprint density at radius 2 is 1.89 bits per heavy atom. The minimum atomic E-state index is -4.34. The summed E-state index contributed by atoms with van der Waals surface area (Å²) < 4.78 is 38.2. The van der Waals surface area contributed by atoms with E-state index in [4.69, 9.17) is 0 Å². The number of nitrogens with one attached hydrogen (secondary N) is 1. The molecule has 7 heteroatoms. The molecule has 2 aromatic heterocycles. The maximum Gasteiger partial charge on any atom is 0.416 e. The van der Waals surface area contributed by atoms with Crippen LogP contribution in [-0.2, 0) is 25.7 Å². The van der Waals surface area contributed by atoms with Gasteiger partial charge in [-0.25, -0.2) is 9.97 Å². The van der Waals surface area contributed by atoms with Gasteiger partial charge in [-0.3, -0.25) is 4.90 Å². The van der Waals surface area contributed by atoms with Crippen LogP contribution in [0.25, 0.3) is 11.4 Å². The zero-order valence-corrected chi connectivity index (χ0v) is 15.8. The first-order chi connectivity index (χ1) is 13.3. The zero-order valence-electron chi connectivity index (χ0n) is 15.8. The summed E-state index contributed by atoms with van der Waals surface area (Å²) in [6, 6.07) is 7.17. The van der Waals surface area contributed by atoms with E-state index in [1.54, 1.807) is 6.20 Å². The molecule has 4 rings (SSSR count). The molecule has 0 aliphatic carbocycles. The summed E-state index contributed by atoms with van der Waals surface area (Å²) in [7, 11) is 0. The van der Waals surface area contributed by atoms with Crippen LogP contribution in [0, 0.1) is 13.8 Å². The van der Waals surface area contributed by atoms with E-state index < -0.39 is 11.7 Å². The SMILES string of the molecule is Cc1cc(CN2CCc3nc(-c4ccc(C(F)(F)F)cc4)ncc3C2)c(C)[nH]1. The molecular formula is C21H21F3N4. The number of nitrogens with zero attached hydrogens (tertiary/aromatic N) is 3. The Morgan fingerprint density at radius 3 is 2.54 bits per heavy atom. The van der Waals surface area contributed by atoms with Crippen LogP contribution < -0.4 is 0 Å². The van der Waals surface area contributed by atoms with E-state index in [-0.39, 0.29) is 0 Å². The molecule has 28 heavy (non-hydrogen) atoms. The predicted octanol–water partition coefficient (Wildman–Crippen LogP) is 4.67. The van der Waals surface area contributed by atoms with Gasteiger partial charge in [0.2, 0.25) is 0 Å². The molecule has 4 nitrogen and oxygen atoms in total. The number of aromatic nitrogens is 3. The third-order valence-corrected chi connectivity index (χ3v) is 5.13. The van der Waals surface area contributed by atoms with Gasteiger partial charge in [-0.05, 0) is 37.6 Å². The quantitative estimate of drug-likeness (QED) is 0.712. The molecule has 1 aliphatic rings. The van der Waals surface area contributed by atoms with Crippen LogP contribution in [0.4, 0.5) is 13.2 Å². The van der Waals surface area contributed by atoms with Crippen molar-refractivity contribution in [3.63, 3.8) is 0 Å². The number of alkyl halides is 3.